The lowest BCUT2D eigenvalue weighted by molar-refractivity contribution is 0.228. The van der Waals surface area contributed by atoms with Crippen LogP contribution in [0.4, 0.5) is 0 Å². The van der Waals surface area contributed by atoms with Gasteiger partial charge in [-0.2, -0.15) is 5.10 Å². The van der Waals surface area contributed by atoms with Crippen LogP contribution in [0.3, 0.4) is 0 Å². The Balaban J connectivity index is 1.91. The molecule has 5 heteroatoms. The zero-order valence-corrected chi connectivity index (χ0v) is 9.45. The first-order valence-corrected chi connectivity index (χ1v) is 5.60. The molecule has 1 aromatic heterocycles. The molecule has 0 aliphatic carbocycles. The first kappa shape index (κ1) is 10.6. The lowest BCUT2D eigenvalue weighted by atomic mass is 10.2. The van der Waals surface area contributed by atoms with E-state index >= 15 is 0 Å². The summed E-state index contributed by atoms with van der Waals surface area (Å²) < 4.78 is 0. The Labute approximate surface area is 90.3 Å². The molecule has 2 N–H and O–H groups in total. The number of aromatic amines is 1. The maximum Gasteiger partial charge on any atom is 0.153 e. The van der Waals surface area contributed by atoms with Crippen LogP contribution in [-0.2, 0) is 6.54 Å². The van der Waals surface area contributed by atoms with E-state index in [0.717, 1.165) is 44.4 Å². The molecule has 2 rings (SSSR count). The van der Waals surface area contributed by atoms with Crippen molar-refractivity contribution in [3.63, 3.8) is 0 Å². The number of hydrogen-bond donors (Lipinski definition) is 2. The Bertz CT molecular complexity index is 301. The third-order valence-electron chi connectivity index (χ3n) is 2.65. The molecule has 1 aromatic rings. The predicted octanol–water partition coefficient (Wildman–Crippen LogP) is 0.333. The Morgan fingerprint density at radius 1 is 1.33 bits per heavy atom. The minimum atomic E-state index is 0.401. The molecule has 0 saturated carbocycles. The van der Waals surface area contributed by atoms with Crippen LogP contribution in [0.15, 0.2) is 0 Å². The lowest BCUT2D eigenvalue weighted by Gasteiger charge is -2.25. The van der Waals surface area contributed by atoms with Crippen LogP contribution in [0.2, 0.25) is 0 Å². The number of nitrogens with one attached hydrogen (secondary N) is 2. The van der Waals surface area contributed by atoms with Gasteiger partial charge in [0.1, 0.15) is 5.82 Å². The third kappa shape index (κ3) is 2.76. The standard InChI is InChI=1S/C10H19N5/c1-8(2)10-12-9(13-14-10)7-15-5-3-11-4-6-15/h8,11H,3-7H2,1-2H3,(H,12,13,14). The number of H-pyrrole nitrogens is 1. The highest BCUT2D eigenvalue weighted by molar-refractivity contribution is 4.95. The third-order valence-corrected chi connectivity index (χ3v) is 2.65. The van der Waals surface area contributed by atoms with Crippen molar-refractivity contribution < 1.29 is 0 Å². The Kier molecular flexibility index (Phi) is 3.33. The summed E-state index contributed by atoms with van der Waals surface area (Å²) in [7, 11) is 0. The molecule has 0 atom stereocenters. The van der Waals surface area contributed by atoms with Gasteiger partial charge in [0, 0.05) is 32.1 Å². The number of piperazine rings is 1. The summed E-state index contributed by atoms with van der Waals surface area (Å²) in [6.07, 6.45) is 0. The molecule has 0 aromatic carbocycles. The van der Waals surface area contributed by atoms with E-state index in [0.29, 0.717) is 5.92 Å². The minimum absolute atomic E-state index is 0.401. The average Bonchev–Trinajstić information content (AvgIpc) is 2.68. The van der Waals surface area contributed by atoms with Gasteiger partial charge in [0.05, 0.1) is 6.54 Å². The smallest absolute Gasteiger partial charge is 0.153 e. The van der Waals surface area contributed by atoms with Crippen LogP contribution < -0.4 is 5.32 Å². The molecule has 0 unspecified atom stereocenters. The second-order valence-corrected chi connectivity index (χ2v) is 4.32. The summed E-state index contributed by atoms with van der Waals surface area (Å²) >= 11 is 0. The monoisotopic (exact) mass is 209 g/mol. The van der Waals surface area contributed by atoms with Crippen LogP contribution in [-0.4, -0.2) is 46.3 Å². The lowest BCUT2D eigenvalue weighted by Crippen LogP contribution is -2.43. The van der Waals surface area contributed by atoms with Gasteiger partial charge >= 0.3 is 0 Å². The molecule has 2 heterocycles. The van der Waals surface area contributed by atoms with Gasteiger partial charge in [-0.25, -0.2) is 4.98 Å². The second-order valence-electron chi connectivity index (χ2n) is 4.32. The van der Waals surface area contributed by atoms with Crippen molar-refractivity contribution in [1.82, 2.24) is 25.4 Å². The van der Waals surface area contributed by atoms with Crippen molar-refractivity contribution in [3.05, 3.63) is 11.6 Å². The van der Waals surface area contributed by atoms with Crippen LogP contribution in [0.25, 0.3) is 0 Å². The molecule has 0 spiro atoms. The Morgan fingerprint density at radius 2 is 2.07 bits per heavy atom. The quantitative estimate of drug-likeness (QED) is 0.753. The van der Waals surface area contributed by atoms with Crippen molar-refractivity contribution in [2.75, 3.05) is 26.2 Å². The zero-order valence-electron chi connectivity index (χ0n) is 9.45. The van der Waals surface area contributed by atoms with Gasteiger partial charge in [-0.1, -0.05) is 13.8 Å². The molecule has 1 aliphatic heterocycles. The van der Waals surface area contributed by atoms with E-state index in [-0.39, 0.29) is 0 Å². The van der Waals surface area contributed by atoms with Crippen molar-refractivity contribution in [1.29, 1.82) is 0 Å². The molecule has 15 heavy (non-hydrogen) atoms. The van der Waals surface area contributed by atoms with E-state index in [4.69, 9.17) is 0 Å². The highest BCUT2D eigenvalue weighted by Crippen LogP contribution is 2.08. The minimum Gasteiger partial charge on any atom is -0.314 e. The normalized spacial score (nSPS) is 18.6. The number of aromatic nitrogens is 3. The number of hydrogen-bond acceptors (Lipinski definition) is 4. The van der Waals surface area contributed by atoms with Crippen LogP contribution in [0, 0.1) is 0 Å². The van der Waals surface area contributed by atoms with Gasteiger partial charge in [0.2, 0.25) is 0 Å². The maximum atomic E-state index is 4.48. The maximum absolute atomic E-state index is 4.48. The fourth-order valence-corrected chi connectivity index (χ4v) is 1.72. The molecule has 1 saturated heterocycles. The largest absolute Gasteiger partial charge is 0.314 e. The second kappa shape index (κ2) is 4.72. The summed E-state index contributed by atoms with van der Waals surface area (Å²) in [5.74, 6) is 2.30. The van der Waals surface area contributed by atoms with E-state index in [1.54, 1.807) is 0 Å². The average molecular weight is 209 g/mol. The van der Waals surface area contributed by atoms with E-state index in [1.807, 2.05) is 0 Å². The fraction of sp³-hybridized carbons (Fsp3) is 0.800. The van der Waals surface area contributed by atoms with Crippen LogP contribution in [0.1, 0.15) is 31.4 Å². The van der Waals surface area contributed by atoms with Gasteiger partial charge in [-0.05, 0) is 0 Å². The highest BCUT2D eigenvalue weighted by atomic mass is 15.3. The van der Waals surface area contributed by atoms with Gasteiger partial charge in [-0.3, -0.25) is 10.00 Å². The van der Waals surface area contributed by atoms with Gasteiger partial charge in [0.15, 0.2) is 5.82 Å². The zero-order chi connectivity index (χ0) is 10.7. The summed E-state index contributed by atoms with van der Waals surface area (Å²) in [5.41, 5.74) is 0. The SMILES string of the molecule is CC(C)c1n[nH]c(CN2CCNCC2)n1. The topological polar surface area (TPSA) is 56.8 Å². The fourth-order valence-electron chi connectivity index (χ4n) is 1.72. The molecule has 0 amide bonds. The summed E-state index contributed by atoms with van der Waals surface area (Å²) in [4.78, 5) is 6.87. The van der Waals surface area contributed by atoms with E-state index < -0.39 is 0 Å². The van der Waals surface area contributed by atoms with Gasteiger partial charge in [-0.15, -0.1) is 0 Å². The number of rotatable bonds is 3. The molecule has 0 bridgehead atoms. The first-order valence-electron chi connectivity index (χ1n) is 5.60. The highest BCUT2D eigenvalue weighted by Gasteiger charge is 2.13. The molecule has 5 nitrogen and oxygen atoms in total. The molecule has 84 valence electrons. The summed E-state index contributed by atoms with van der Waals surface area (Å²) in [6.45, 7) is 9.45. The first-order chi connectivity index (χ1) is 7.25. The molecule has 0 radical (unpaired) electrons. The van der Waals surface area contributed by atoms with Crippen molar-refractivity contribution in [2.24, 2.45) is 0 Å². The number of nitrogens with zero attached hydrogens (tertiary/aromatic N) is 3. The molecule has 1 fully saturated rings. The van der Waals surface area contributed by atoms with E-state index in [2.05, 4.69) is 39.2 Å². The Hall–Kier alpha value is -0.940. The van der Waals surface area contributed by atoms with Crippen LogP contribution >= 0.6 is 0 Å². The van der Waals surface area contributed by atoms with E-state index in [9.17, 15) is 0 Å². The van der Waals surface area contributed by atoms with E-state index in [1.165, 1.54) is 0 Å². The van der Waals surface area contributed by atoms with Gasteiger partial charge < -0.3 is 5.32 Å². The van der Waals surface area contributed by atoms with Gasteiger partial charge in [0.25, 0.3) is 0 Å². The summed E-state index contributed by atoms with van der Waals surface area (Å²) in [6, 6.07) is 0. The van der Waals surface area contributed by atoms with Crippen molar-refractivity contribution in [3.8, 4) is 0 Å². The summed E-state index contributed by atoms with van der Waals surface area (Å²) in [5, 5.41) is 10.6. The molecular formula is C10H19N5. The molecule has 1 aliphatic rings. The predicted molar refractivity (Wildman–Crippen MR) is 58.6 cm³/mol. The molecular weight excluding hydrogens is 190 g/mol. The van der Waals surface area contributed by atoms with Crippen LogP contribution in [0.5, 0.6) is 0 Å². The van der Waals surface area contributed by atoms with Crippen molar-refractivity contribution >= 4 is 0 Å². The Morgan fingerprint density at radius 3 is 2.67 bits per heavy atom. The van der Waals surface area contributed by atoms with Crippen molar-refractivity contribution in [2.45, 2.75) is 26.3 Å².